The lowest BCUT2D eigenvalue weighted by Gasteiger charge is -2.25. The van der Waals surface area contributed by atoms with Gasteiger partial charge in [-0.15, -0.1) is 0 Å². The number of nitrogens with one attached hydrogen (secondary N) is 1. The number of likely N-dealkylation sites (N-methyl/N-ethyl adjacent to an activating group) is 1. The average molecular weight is 327 g/mol. The van der Waals surface area contributed by atoms with Crippen LogP contribution in [-0.2, 0) is 4.79 Å². The second kappa shape index (κ2) is 7.65. The number of hydrogen-bond donors (Lipinski definition) is 1. The summed E-state index contributed by atoms with van der Waals surface area (Å²) in [4.78, 5) is 13.8. The molecule has 0 saturated carbocycles. The third-order valence-electron chi connectivity index (χ3n) is 3.33. The summed E-state index contributed by atoms with van der Waals surface area (Å²) in [6.07, 6.45) is 0.948. The van der Waals surface area contributed by atoms with E-state index in [1.807, 2.05) is 33.0 Å². The van der Waals surface area contributed by atoms with Crippen LogP contribution in [0.15, 0.2) is 28.7 Å². The van der Waals surface area contributed by atoms with Gasteiger partial charge in [-0.2, -0.15) is 0 Å². The first-order chi connectivity index (χ1) is 8.99. The fraction of sp³-hybridized carbons (Fsp3) is 0.533. The summed E-state index contributed by atoms with van der Waals surface area (Å²) in [6, 6.07) is 8.24. The van der Waals surface area contributed by atoms with E-state index in [0.717, 1.165) is 17.4 Å². The minimum absolute atomic E-state index is 0.135. The Morgan fingerprint density at radius 2 is 2.11 bits per heavy atom. The molecule has 106 valence electrons. The second-order valence-corrected chi connectivity index (χ2v) is 5.67. The number of halogens is 1. The number of amides is 1. The van der Waals surface area contributed by atoms with Crippen molar-refractivity contribution in [3.8, 4) is 0 Å². The Bertz CT molecular complexity index is 422. The van der Waals surface area contributed by atoms with Crippen molar-refractivity contribution in [1.82, 2.24) is 10.2 Å². The molecular formula is C15H23BrN2O. The topological polar surface area (TPSA) is 32.3 Å². The van der Waals surface area contributed by atoms with Crippen molar-refractivity contribution in [3.63, 3.8) is 0 Å². The van der Waals surface area contributed by atoms with Gasteiger partial charge in [0.25, 0.3) is 0 Å². The Balaban J connectivity index is 2.74. The highest BCUT2D eigenvalue weighted by atomic mass is 79.9. The molecule has 0 bridgehead atoms. The summed E-state index contributed by atoms with van der Waals surface area (Å²) in [6.45, 7) is 6.77. The van der Waals surface area contributed by atoms with Gasteiger partial charge in [0.2, 0.25) is 5.91 Å². The minimum atomic E-state index is -0.172. The predicted octanol–water partition coefficient (Wildman–Crippen LogP) is 3.36. The Morgan fingerprint density at radius 3 is 2.63 bits per heavy atom. The predicted molar refractivity (Wildman–Crippen MR) is 83.1 cm³/mol. The lowest BCUT2D eigenvalue weighted by molar-refractivity contribution is -0.131. The largest absolute Gasteiger partial charge is 0.345 e. The standard InChI is InChI=1S/C15H23BrN2O/c1-5-14(12-8-7-9-13(16)10-12)17-11(3)15(19)18(4)6-2/h7-11,14,17H,5-6H2,1-4H3. The molecule has 2 unspecified atom stereocenters. The van der Waals surface area contributed by atoms with Crippen LogP contribution < -0.4 is 5.32 Å². The maximum atomic E-state index is 12.1. The molecule has 2 atom stereocenters. The summed E-state index contributed by atoms with van der Waals surface area (Å²) >= 11 is 3.49. The van der Waals surface area contributed by atoms with E-state index >= 15 is 0 Å². The molecule has 0 spiro atoms. The van der Waals surface area contributed by atoms with Crippen molar-refractivity contribution in [2.75, 3.05) is 13.6 Å². The Kier molecular flexibility index (Phi) is 6.52. The van der Waals surface area contributed by atoms with E-state index in [1.54, 1.807) is 4.90 Å². The van der Waals surface area contributed by atoms with Gasteiger partial charge in [-0.1, -0.05) is 35.0 Å². The molecule has 0 fully saturated rings. The Hall–Kier alpha value is -0.870. The highest BCUT2D eigenvalue weighted by Gasteiger charge is 2.20. The van der Waals surface area contributed by atoms with E-state index in [0.29, 0.717) is 0 Å². The average Bonchev–Trinajstić information content (AvgIpc) is 2.42. The minimum Gasteiger partial charge on any atom is -0.345 e. The van der Waals surface area contributed by atoms with E-state index in [4.69, 9.17) is 0 Å². The maximum absolute atomic E-state index is 12.1. The van der Waals surface area contributed by atoms with Gasteiger partial charge in [0.05, 0.1) is 6.04 Å². The van der Waals surface area contributed by atoms with Gasteiger partial charge in [-0.3, -0.25) is 10.1 Å². The molecular weight excluding hydrogens is 304 g/mol. The van der Waals surface area contributed by atoms with Crippen LogP contribution in [0.25, 0.3) is 0 Å². The SMILES string of the molecule is CCC(NC(C)C(=O)N(C)CC)c1cccc(Br)c1. The van der Waals surface area contributed by atoms with E-state index in [2.05, 4.69) is 40.3 Å². The van der Waals surface area contributed by atoms with Crippen LogP contribution in [0.3, 0.4) is 0 Å². The van der Waals surface area contributed by atoms with Crippen LogP contribution >= 0.6 is 15.9 Å². The molecule has 0 aromatic heterocycles. The van der Waals surface area contributed by atoms with Gasteiger partial charge < -0.3 is 4.90 Å². The molecule has 1 amide bonds. The number of carbonyl (C=O) groups is 1. The molecule has 1 aromatic carbocycles. The molecule has 0 aliphatic rings. The van der Waals surface area contributed by atoms with Gasteiger partial charge in [0.15, 0.2) is 0 Å². The smallest absolute Gasteiger partial charge is 0.239 e. The van der Waals surface area contributed by atoms with Crippen molar-refractivity contribution in [2.24, 2.45) is 0 Å². The van der Waals surface area contributed by atoms with Gasteiger partial charge in [-0.05, 0) is 38.0 Å². The zero-order chi connectivity index (χ0) is 14.4. The first-order valence-corrected chi connectivity index (χ1v) is 7.55. The molecule has 3 nitrogen and oxygen atoms in total. The molecule has 19 heavy (non-hydrogen) atoms. The van der Waals surface area contributed by atoms with Gasteiger partial charge in [0.1, 0.15) is 0 Å². The highest BCUT2D eigenvalue weighted by molar-refractivity contribution is 9.10. The number of rotatable bonds is 6. The Labute approximate surface area is 124 Å². The van der Waals surface area contributed by atoms with Crippen molar-refractivity contribution in [2.45, 2.75) is 39.3 Å². The number of carbonyl (C=O) groups excluding carboxylic acids is 1. The van der Waals surface area contributed by atoms with Gasteiger partial charge in [-0.25, -0.2) is 0 Å². The molecule has 1 rings (SSSR count). The van der Waals surface area contributed by atoms with Crippen molar-refractivity contribution < 1.29 is 4.79 Å². The molecule has 0 aliphatic carbocycles. The zero-order valence-electron chi connectivity index (χ0n) is 12.1. The van der Waals surface area contributed by atoms with Gasteiger partial charge >= 0.3 is 0 Å². The van der Waals surface area contributed by atoms with Crippen LogP contribution in [0.2, 0.25) is 0 Å². The molecule has 1 aromatic rings. The van der Waals surface area contributed by atoms with E-state index in [9.17, 15) is 4.79 Å². The normalized spacial score (nSPS) is 13.9. The van der Waals surface area contributed by atoms with Crippen LogP contribution in [0, 0.1) is 0 Å². The number of benzene rings is 1. The third kappa shape index (κ3) is 4.62. The Morgan fingerprint density at radius 1 is 1.42 bits per heavy atom. The summed E-state index contributed by atoms with van der Waals surface area (Å²) in [5, 5.41) is 3.41. The maximum Gasteiger partial charge on any atom is 0.239 e. The van der Waals surface area contributed by atoms with Gasteiger partial charge in [0, 0.05) is 24.1 Å². The molecule has 0 heterocycles. The fourth-order valence-corrected chi connectivity index (χ4v) is 2.45. The monoisotopic (exact) mass is 326 g/mol. The van der Waals surface area contributed by atoms with E-state index in [-0.39, 0.29) is 18.0 Å². The molecule has 0 saturated heterocycles. The van der Waals surface area contributed by atoms with Crippen LogP contribution in [0.5, 0.6) is 0 Å². The summed E-state index contributed by atoms with van der Waals surface area (Å²) in [7, 11) is 1.83. The van der Waals surface area contributed by atoms with Crippen molar-refractivity contribution >= 4 is 21.8 Å². The molecule has 1 N–H and O–H groups in total. The zero-order valence-corrected chi connectivity index (χ0v) is 13.7. The molecule has 0 radical (unpaired) electrons. The number of nitrogens with zero attached hydrogens (tertiary/aromatic N) is 1. The lowest BCUT2D eigenvalue weighted by atomic mass is 10.0. The first kappa shape index (κ1) is 16.2. The number of hydrogen-bond acceptors (Lipinski definition) is 2. The molecule has 0 aliphatic heterocycles. The third-order valence-corrected chi connectivity index (χ3v) is 3.82. The quantitative estimate of drug-likeness (QED) is 0.869. The van der Waals surface area contributed by atoms with Crippen molar-refractivity contribution in [3.05, 3.63) is 34.3 Å². The summed E-state index contributed by atoms with van der Waals surface area (Å²) in [5.41, 5.74) is 1.20. The highest BCUT2D eigenvalue weighted by Crippen LogP contribution is 2.21. The van der Waals surface area contributed by atoms with Crippen LogP contribution in [0.4, 0.5) is 0 Å². The van der Waals surface area contributed by atoms with Crippen LogP contribution in [0.1, 0.15) is 38.8 Å². The van der Waals surface area contributed by atoms with Crippen LogP contribution in [-0.4, -0.2) is 30.4 Å². The fourth-order valence-electron chi connectivity index (χ4n) is 2.03. The summed E-state index contributed by atoms with van der Waals surface area (Å²) < 4.78 is 1.06. The second-order valence-electron chi connectivity index (χ2n) is 4.76. The molecule has 4 heteroatoms. The summed E-state index contributed by atoms with van der Waals surface area (Å²) in [5.74, 6) is 0.135. The first-order valence-electron chi connectivity index (χ1n) is 6.76. The van der Waals surface area contributed by atoms with Crippen molar-refractivity contribution in [1.29, 1.82) is 0 Å². The van der Waals surface area contributed by atoms with E-state index < -0.39 is 0 Å². The van der Waals surface area contributed by atoms with E-state index in [1.165, 1.54) is 5.56 Å². The lowest BCUT2D eigenvalue weighted by Crippen LogP contribution is -2.44.